The van der Waals surface area contributed by atoms with Crippen molar-refractivity contribution >= 4 is 17.3 Å². The highest BCUT2D eigenvalue weighted by molar-refractivity contribution is 7.07. The molecule has 0 amide bonds. The van der Waals surface area contributed by atoms with Gasteiger partial charge in [0.05, 0.1) is 6.61 Å². The minimum absolute atomic E-state index is 0.466. The molecule has 2 aromatic rings. The summed E-state index contributed by atoms with van der Waals surface area (Å²) in [6, 6.07) is 10.6. The molecule has 1 unspecified atom stereocenters. The number of nitrogens with one attached hydrogen (secondary N) is 2. The average molecular weight is 331 g/mol. The molecule has 0 fully saturated rings. The fourth-order valence-electron chi connectivity index (χ4n) is 2.25. The van der Waals surface area contributed by atoms with E-state index in [0.717, 1.165) is 19.0 Å². The van der Waals surface area contributed by atoms with Gasteiger partial charge in [0.15, 0.2) is 5.96 Å². The predicted molar refractivity (Wildman–Crippen MR) is 98.1 cm³/mol. The highest BCUT2D eigenvalue weighted by atomic mass is 32.1. The molecule has 5 heteroatoms. The monoisotopic (exact) mass is 331 g/mol. The lowest BCUT2D eigenvalue weighted by Gasteiger charge is -2.15. The Hall–Kier alpha value is -1.85. The van der Waals surface area contributed by atoms with Crippen LogP contribution in [0.5, 0.6) is 0 Å². The van der Waals surface area contributed by atoms with Crippen LogP contribution in [0, 0.1) is 0 Å². The van der Waals surface area contributed by atoms with Gasteiger partial charge in [-0.15, -0.1) is 0 Å². The summed E-state index contributed by atoms with van der Waals surface area (Å²) in [7, 11) is 3.51. The standard InChI is InChI=1S/C18H25N3OS/c1-14(17-8-9-23-13-17)10-20-18(19-2)21-11-15-4-6-16(7-5-15)12-22-3/h4-9,13-14H,10-12H2,1-3H3,(H2,19,20,21). The molecule has 0 spiro atoms. The van der Waals surface area contributed by atoms with E-state index in [9.17, 15) is 0 Å². The van der Waals surface area contributed by atoms with E-state index in [1.54, 1.807) is 25.5 Å². The normalized spacial score (nSPS) is 12.9. The number of ether oxygens (including phenoxy) is 1. The van der Waals surface area contributed by atoms with Gasteiger partial charge in [0, 0.05) is 27.2 Å². The molecule has 0 aliphatic heterocycles. The van der Waals surface area contributed by atoms with Crippen molar-refractivity contribution in [3.8, 4) is 0 Å². The van der Waals surface area contributed by atoms with Gasteiger partial charge < -0.3 is 15.4 Å². The Morgan fingerprint density at radius 1 is 1.17 bits per heavy atom. The van der Waals surface area contributed by atoms with E-state index in [-0.39, 0.29) is 0 Å². The van der Waals surface area contributed by atoms with Crippen LogP contribution in [0.3, 0.4) is 0 Å². The molecule has 23 heavy (non-hydrogen) atoms. The van der Waals surface area contributed by atoms with Crippen LogP contribution in [-0.4, -0.2) is 26.7 Å². The Morgan fingerprint density at radius 2 is 1.91 bits per heavy atom. The molecule has 2 rings (SSSR count). The van der Waals surface area contributed by atoms with Gasteiger partial charge in [-0.05, 0) is 39.4 Å². The van der Waals surface area contributed by atoms with Crippen molar-refractivity contribution in [3.05, 3.63) is 57.8 Å². The van der Waals surface area contributed by atoms with Crippen LogP contribution < -0.4 is 10.6 Å². The zero-order chi connectivity index (χ0) is 16.5. The molecule has 2 N–H and O–H groups in total. The van der Waals surface area contributed by atoms with Crippen molar-refractivity contribution in [2.24, 2.45) is 4.99 Å². The summed E-state index contributed by atoms with van der Waals surface area (Å²) in [6.45, 7) is 4.48. The molecule has 0 radical (unpaired) electrons. The van der Waals surface area contributed by atoms with E-state index >= 15 is 0 Å². The van der Waals surface area contributed by atoms with Crippen LogP contribution in [0.15, 0.2) is 46.1 Å². The van der Waals surface area contributed by atoms with E-state index in [1.165, 1.54) is 16.7 Å². The SMILES string of the molecule is CN=C(NCc1ccc(COC)cc1)NCC(C)c1ccsc1. The summed E-state index contributed by atoms with van der Waals surface area (Å²) in [5.74, 6) is 1.29. The van der Waals surface area contributed by atoms with Crippen molar-refractivity contribution in [3.63, 3.8) is 0 Å². The third kappa shape index (κ3) is 5.69. The first-order chi connectivity index (χ1) is 11.2. The minimum atomic E-state index is 0.466. The predicted octanol–water partition coefficient (Wildman–Crippen LogP) is 3.36. The Balaban J connectivity index is 1.78. The van der Waals surface area contributed by atoms with Gasteiger partial charge in [-0.2, -0.15) is 11.3 Å². The molecular weight excluding hydrogens is 306 g/mol. The Bertz CT molecular complexity index is 593. The Morgan fingerprint density at radius 3 is 2.52 bits per heavy atom. The van der Waals surface area contributed by atoms with Gasteiger partial charge in [-0.25, -0.2) is 0 Å². The largest absolute Gasteiger partial charge is 0.380 e. The average Bonchev–Trinajstić information content (AvgIpc) is 3.11. The summed E-state index contributed by atoms with van der Waals surface area (Å²) in [5, 5.41) is 11.0. The zero-order valence-electron chi connectivity index (χ0n) is 14.0. The van der Waals surface area contributed by atoms with Gasteiger partial charge >= 0.3 is 0 Å². The van der Waals surface area contributed by atoms with Crippen LogP contribution in [0.4, 0.5) is 0 Å². The first-order valence-electron chi connectivity index (χ1n) is 7.76. The van der Waals surface area contributed by atoms with Gasteiger partial charge in [0.1, 0.15) is 0 Å². The molecule has 1 heterocycles. The lowest BCUT2D eigenvalue weighted by molar-refractivity contribution is 0.185. The van der Waals surface area contributed by atoms with E-state index in [4.69, 9.17) is 4.74 Å². The van der Waals surface area contributed by atoms with Crippen molar-refractivity contribution in [2.45, 2.75) is 26.0 Å². The van der Waals surface area contributed by atoms with Gasteiger partial charge in [-0.1, -0.05) is 31.2 Å². The number of methoxy groups -OCH3 is 1. The number of aliphatic imine (C=N–C) groups is 1. The first-order valence-corrected chi connectivity index (χ1v) is 8.70. The number of nitrogens with zero attached hydrogens (tertiary/aromatic N) is 1. The molecule has 0 aliphatic carbocycles. The molecule has 0 saturated heterocycles. The second-order valence-corrected chi connectivity index (χ2v) is 6.29. The fourth-order valence-corrected chi connectivity index (χ4v) is 3.03. The zero-order valence-corrected chi connectivity index (χ0v) is 14.8. The van der Waals surface area contributed by atoms with Crippen molar-refractivity contribution in [1.82, 2.24) is 10.6 Å². The number of rotatable bonds is 7. The minimum Gasteiger partial charge on any atom is -0.380 e. The Labute approximate surface area is 142 Å². The van der Waals surface area contributed by atoms with Gasteiger partial charge in [-0.3, -0.25) is 4.99 Å². The summed E-state index contributed by atoms with van der Waals surface area (Å²) in [6.07, 6.45) is 0. The number of thiophene rings is 1. The smallest absolute Gasteiger partial charge is 0.191 e. The van der Waals surface area contributed by atoms with Crippen molar-refractivity contribution in [1.29, 1.82) is 0 Å². The molecular formula is C18H25N3OS. The maximum atomic E-state index is 5.12. The van der Waals surface area contributed by atoms with Gasteiger partial charge in [0.2, 0.25) is 0 Å². The fraction of sp³-hybridized carbons (Fsp3) is 0.389. The molecule has 1 aromatic heterocycles. The van der Waals surface area contributed by atoms with Crippen LogP contribution in [0.25, 0.3) is 0 Å². The molecule has 124 valence electrons. The second kappa shape index (κ2) is 9.33. The van der Waals surface area contributed by atoms with Gasteiger partial charge in [0.25, 0.3) is 0 Å². The molecule has 4 nitrogen and oxygen atoms in total. The van der Waals surface area contributed by atoms with E-state index in [1.807, 2.05) is 0 Å². The maximum absolute atomic E-state index is 5.12. The molecule has 0 aliphatic rings. The number of benzene rings is 1. The van der Waals surface area contributed by atoms with Crippen LogP contribution in [0.2, 0.25) is 0 Å². The second-order valence-electron chi connectivity index (χ2n) is 5.51. The molecule has 1 aromatic carbocycles. The first kappa shape index (κ1) is 17.5. The highest BCUT2D eigenvalue weighted by Gasteiger charge is 2.07. The third-order valence-corrected chi connectivity index (χ3v) is 4.41. The van der Waals surface area contributed by atoms with E-state index in [0.29, 0.717) is 12.5 Å². The summed E-state index contributed by atoms with van der Waals surface area (Å²) in [4.78, 5) is 4.28. The van der Waals surface area contributed by atoms with Crippen molar-refractivity contribution < 1.29 is 4.74 Å². The number of guanidine groups is 1. The summed E-state index contributed by atoms with van der Waals surface area (Å²) >= 11 is 1.74. The van der Waals surface area contributed by atoms with E-state index in [2.05, 4.69) is 63.6 Å². The number of hydrogen-bond donors (Lipinski definition) is 2. The lowest BCUT2D eigenvalue weighted by atomic mass is 10.1. The summed E-state index contributed by atoms with van der Waals surface area (Å²) in [5.41, 5.74) is 3.77. The highest BCUT2D eigenvalue weighted by Crippen LogP contribution is 2.16. The maximum Gasteiger partial charge on any atom is 0.191 e. The topological polar surface area (TPSA) is 45.7 Å². The molecule has 0 bridgehead atoms. The number of hydrogen-bond acceptors (Lipinski definition) is 3. The Kier molecular flexibility index (Phi) is 7.10. The lowest BCUT2D eigenvalue weighted by Crippen LogP contribution is -2.38. The quantitative estimate of drug-likeness (QED) is 0.604. The summed E-state index contributed by atoms with van der Waals surface area (Å²) < 4.78 is 5.12. The van der Waals surface area contributed by atoms with Crippen LogP contribution in [-0.2, 0) is 17.9 Å². The van der Waals surface area contributed by atoms with Crippen LogP contribution in [0.1, 0.15) is 29.5 Å². The third-order valence-electron chi connectivity index (χ3n) is 3.71. The molecule has 1 atom stereocenters. The van der Waals surface area contributed by atoms with Crippen LogP contribution >= 0.6 is 11.3 Å². The van der Waals surface area contributed by atoms with E-state index < -0.39 is 0 Å². The van der Waals surface area contributed by atoms with Crippen molar-refractivity contribution in [2.75, 3.05) is 20.7 Å². The molecule has 0 saturated carbocycles.